The molecule has 2 atom stereocenters. The monoisotopic (exact) mass is 211 g/mol. The van der Waals surface area contributed by atoms with Gasteiger partial charge in [0.05, 0.1) is 11.5 Å². The number of hydrogen-bond donors (Lipinski definition) is 0. The molecule has 0 N–H and O–H groups in total. The van der Waals surface area contributed by atoms with Crippen molar-refractivity contribution in [2.24, 2.45) is 11.3 Å². The van der Waals surface area contributed by atoms with Crippen LogP contribution >= 0.6 is 0 Å². The lowest BCUT2D eigenvalue weighted by atomic mass is 9.80. The van der Waals surface area contributed by atoms with Crippen molar-refractivity contribution < 1.29 is 0 Å². The first-order valence-corrected chi connectivity index (χ1v) is 6.49. The fourth-order valence-corrected chi connectivity index (χ4v) is 1.56. The Kier molecular flexibility index (Phi) is 11.3. The number of hydrogen-bond acceptors (Lipinski definition) is 1. The zero-order chi connectivity index (χ0) is 12.3. The molecular formula is C14H29N. The van der Waals surface area contributed by atoms with Crippen LogP contribution in [0.15, 0.2) is 0 Å². The van der Waals surface area contributed by atoms with Crippen LogP contribution in [-0.4, -0.2) is 0 Å². The zero-order valence-electron chi connectivity index (χ0n) is 11.6. The Labute approximate surface area is 96.9 Å². The van der Waals surface area contributed by atoms with Crippen molar-refractivity contribution in [2.75, 3.05) is 0 Å². The molecule has 1 nitrogen and oxygen atoms in total. The van der Waals surface area contributed by atoms with Gasteiger partial charge in [0, 0.05) is 0 Å². The number of rotatable bonds is 6. The summed E-state index contributed by atoms with van der Waals surface area (Å²) in [6.07, 6.45) is 5.64. The van der Waals surface area contributed by atoms with Crippen LogP contribution in [0, 0.1) is 22.7 Å². The summed E-state index contributed by atoms with van der Waals surface area (Å²) in [4.78, 5) is 0. The Morgan fingerprint density at radius 3 is 2.07 bits per heavy atom. The van der Waals surface area contributed by atoms with E-state index in [1.54, 1.807) is 0 Å². The average Bonchev–Trinajstić information content (AvgIpc) is 2.29. The third-order valence-electron chi connectivity index (χ3n) is 2.96. The molecule has 0 amide bonds. The van der Waals surface area contributed by atoms with Gasteiger partial charge in [-0.3, -0.25) is 0 Å². The molecule has 0 fully saturated rings. The summed E-state index contributed by atoms with van der Waals surface area (Å²) >= 11 is 0. The molecule has 1 heteroatoms. The molecule has 15 heavy (non-hydrogen) atoms. The van der Waals surface area contributed by atoms with Crippen LogP contribution in [0.4, 0.5) is 0 Å². The highest BCUT2D eigenvalue weighted by molar-refractivity contribution is 4.95. The molecule has 0 aliphatic carbocycles. The van der Waals surface area contributed by atoms with Gasteiger partial charge in [0.1, 0.15) is 0 Å². The zero-order valence-corrected chi connectivity index (χ0v) is 11.6. The molecule has 0 saturated heterocycles. The van der Waals surface area contributed by atoms with Crippen LogP contribution in [0.1, 0.15) is 73.6 Å². The van der Waals surface area contributed by atoms with Crippen LogP contribution in [0.25, 0.3) is 0 Å². The third kappa shape index (κ3) is 8.48. The molecule has 0 aromatic heterocycles. The Morgan fingerprint density at radius 1 is 1.20 bits per heavy atom. The van der Waals surface area contributed by atoms with E-state index < -0.39 is 0 Å². The quantitative estimate of drug-likeness (QED) is 0.594. The van der Waals surface area contributed by atoms with Crippen molar-refractivity contribution in [2.45, 2.75) is 73.6 Å². The van der Waals surface area contributed by atoms with Gasteiger partial charge in [0.25, 0.3) is 0 Å². The predicted molar refractivity (Wildman–Crippen MR) is 68.7 cm³/mol. The fraction of sp³-hybridized carbons (Fsp3) is 0.929. The third-order valence-corrected chi connectivity index (χ3v) is 2.96. The van der Waals surface area contributed by atoms with Gasteiger partial charge in [-0.2, -0.15) is 5.26 Å². The van der Waals surface area contributed by atoms with E-state index in [2.05, 4.69) is 33.8 Å². The van der Waals surface area contributed by atoms with Crippen LogP contribution in [0.5, 0.6) is 0 Å². The minimum absolute atomic E-state index is 0.0712. The molecule has 0 aliphatic rings. The molecule has 0 rings (SSSR count). The molecule has 0 aliphatic heterocycles. The summed E-state index contributed by atoms with van der Waals surface area (Å²) in [5.74, 6) is 0.768. The predicted octanol–water partition coefficient (Wildman–Crippen LogP) is 5.17. The van der Waals surface area contributed by atoms with Gasteiger partial charge in [0.2, 0.25) is 0 Å². The van der Waals surface area contributed by atoms with Crippen molar-refractivity contribution >= 4 is 0 Å². The molecular weight excluding hydrogens is 182 g/mol. The van der Waals surface area contributed by atoms with E-state index in [4.69, 9.17) is 5.26 Å². The highest BCUT2D eigenvalue weighted by Crippen LogP contribution is 2.30. The van der Waals surface area contributed by atoms with Gasteiger partial charge in [-0.1, -0.05) is 47.5 Å². The molecule has 0 spiro atoms. The first-order chi connectivity index (χ1) is 7.08. The van der Waals surface area contributed by atoms with Gasteiger partial charge in [-0.25, -0.2) is 0 Å². The Balaban J connectivity index is 0. The lowest BCUT2D eigenvalue weighted by Gasteiger charge is -2.22. The van der Waals surface area contributed by atoms with Crippen molar-refractivity contribution in [3.63, 3.8) is 0 Å². The lowest BCUT2D eigenvalue weighted by Crippen LogP contribution is -2.14. The lowest BCUT2D eigenvalue weighted by molar-refractivity contribution is 0.324. The summed E-state index contributed by atoms with van der Waals surface area (Å²) in [7, 11) is 0. The van der Waals surface area contributed by atoms with Crippen LogP contribution < -0.4 is 0 Å². The topological polar surface area (TPSA) is 23.8 Å². The van der Waals surface area contributed by atoms with Crippen molar-refractivity contribution in [1.29, 1.82) is 5.26 Å². The van der Waals surface area contributed by atoms with Crippen molar-refractivity contribution in [3.05, 3.63) is 0 Å². The normalized spacial score (nSPS) is 15.5. The maximum Gasteiger partial charge on any atom is 0.0686 e. The summed E-state index contributed by atoms with van der Waals surface area (Å²) in [5.41, 5.74) is -0.0712. The summed E-state index contributed by atoms with van der Waals surface area (Å²) in [5, 5.41) is 9.05. The summed E-state index contributed by atoms with van der Waals surface area (Å²) in [6, 6.07) is 2.46. The van der Waals surface area contributed by atoms with Gasteiger partial charge in [0.15, 0.2) is 0 Å². The molecule has 0 aromatic carbocycles. The van der Waals surface area contributed by atoms with E-state index in [-0.39, 0.29) is 5.41 Å². The second-order valence-electron chi connectivity index (χ2n) is 4.47. The fourth-order valence-electron chi connectivity index (χ4n) is 1.56. The van der Waals surface area contributed by atoms with Crippen LogP contribution in [-0.2, 0) is 0 Å². The SMILES string of the molecule is CC.CCCC(C)(C#N)CCC(C)CC. The van der Waals surface area contributed by atoms with Crippen molar-refractivity contribution in [1.82, 2.24) is 0 Å². The molecule has 0 bridgehead atoms. The van der Waals surface area contributed by atoms with Gasteiger partial charge in [-0.05, 0) is 32.1 Å². The standard InChI is InChI=1S/C12H23N.C2H6/c1-5-8-12(4,10-13)9-7-11(3)6-2;1-2/h11H,5-9H2,1-4H3;1-2H3. The first-order valence-electron chi connectivity index (χ1n) is 6.49. The van der Waals surface area contributed by atoms with E-state index >= 15 is 0 Å². The van der Waals surface area contributed by atoms with E-state index in [1.807, 2.05) is 13.8 Å². The molecule has 0 saturated carbocycles. The molecule has 90 valence electrons. The maximum atomic E-state index is 9.05. The number of nitrogens with zero attached hydrogens (tertiary/aromatic N) is 1. The molecule has 0 radical (unpaired) electrons. The number of nitriles is 1. The molecule has 0 heterocycles. The van der Waals surface area contributed by atoms with Gasteiger partial charge in [-0.15, -0.1) is 0 Å². The van der Waals surface area contributed by atoms with Gasteiger partial charge < -0.3 is 0 Å². The van der Waals surface area contributed by atoms with E-state index in [1.165, 1.54) is 12.8 Å². The second-order valence-corrected chi connectivity index (χ2v) is 4.47. The van der Waals surface area contributed by atoms with Crippen LogP contribution in [0.3, 0.4) is 0 Å². The maximum absolute atomic E-state index is 9.05. The largest absolute Gasteiger partial charge is 0.198 e. The highest BCUT2D eigenvalue weighted by Gasteiger charge is 2.22. The summed E-state index contributed by atoms with van der Waals surface area (Å²) in [6.45, 7) is 12.7. The Hall–Kier alpha value is -0.510. The minimum atomic E-state index is -0.0712. The molecule has 2 unspecified atom stereocenters. The Morgan fingerprint density at radius 2 is 1.73 bits per heavy atom. The van der Waals surface area contributed by atoms with E-state index in [0.29, 0.717) is 0 Å². The average molecular weight is 211 g/mol. The molecule has 0 aromatic rings. The van der Waals surface area contributed by atoms with Gasteiger partial charge >= 0.3 is 0 Å². The second kappa shape index (κ2) is 10.0. The van der Waals surface area contributed by atoms with Crippen LogP contribution in [0.2, 0.25) is 0 Å². The minimum Gasteiger partial charge on any atom is -0.198 e. The first kappa shape index (κ1) is 16.9. The van der Waals surface area contributed by atoms with Crippen molar-refractivity contribution in [3.8, 4) is 6.07 Å². The summed E-state index contributed by atoms with van der Waals surface area (Å²) < 4.78 is 0. The van der Waals surface area contributed by atoms with E-state index in [9.17, 15) is 0 Å². The highest BCUT2D eigenvalue weighted by atomic mass is 14.3. The Bertz CT molecular complexity index is 169. The van der Waals surface area contributed by atoms with E-state index in [0.717, 1.165) is 25.2 Å². The smallest absolute Gasteiger partial charge is 0.0686 e.